The van der Waals surface area contributed by atoms with Gasteiger partial charge in [-0.1, -0.05) is 18.2 Å². The number of anilines is 2. The van der Waals surface area contributed by atoms with Gasteiger partial charge in [-0.3, -0.25) is 4.79 Å². The molecule has 1 amide bonds. The standard InChI is InChI=1S/C16H17FN2O2/c1-10-4-3-5-12(16(10)21)9-18-13-6-7-14(17)15(8-13)19-11(2)20/h3-8,18,21H,9H2,1-2H3,(H,19,20). The number of benzene rings is 2. The second-order valence-electron chi connectivity index (χ2n) is 4.81. The first kappa shape index (κ1) is 14.8. The van der Waals surface area contributed by atoms with Gasteiger partial charge < -0.3 is 15.7 Å². The Morgan fingerprint density at radius 3 is 2.76 bits per heavy atom. The lowest BCUT2D eigenvalue weighted by atomic mass is 10.1. The summed E-state index contributed by atoms with van der Waals surface area (Å²) in [5, 5.41) is 15.5. The average Bonchev–Trinajstić information content (AvgIpc) is 2.43. The highest BCUT2D eigenvalue weighted by molar-refractivity contribution is 5.89. The van der Waals surface area contributed by atoms with Crippen molar-refractivity contribution in [1.82, 2.24) is 0 Å². The number of aryl methyl sites for hydroxylation is 1. The SMILES string of the molecule is CC(=O)Nc1cc(NCc2cccc(C)c2O)ccc1F. The summed E-state index contributed by atoms with van der Waals surface area (Å²) >= 11 is 0. The fourth-order valence-corrected chi connectivity index (χ4v) is 1.98. The van der Waals surface area contributed by atoms with E-state index >= 15 is 0 Å². The summed E-state index contributed by atoms with van der Waals surface area (Å²) in [6.45, 7) is 3.55. The number of carbonyl (C=O) groups excluding carboxylic acids is 1. The van der Waals surface area contributed by atoms with Crippen molar-refractivity contribution in [2.75, 3.05) is 10.6 Å². The zero-order chi connectivity index (χ0) is 15.4. The summed E-state index contributed by atoms with van der Waals surface area (Å²) in [7, 11) is 0. The number of carbonyl (C=O) groups is 1. The summed E-state index contributed by atoms with van der Waals surface area (Å²) in [6.07, 6.45) is 0. The van der Waals surface area contributed by atoms with Gasteiger partial charge in [-0.25, -0.2) is 4.39 Å². The highest BCUT2D eigenvalue weighted by atomic mass is 19.1. The molecule has 0 aliphatic rings. The van der Waals surface area contributed by atoms with Crippen molar-refractivity contribution in [2.24, 2.45) is 0 Å². The number of rotatable bonds is 4. The fraction of sp³-hybridized carbons (Fsp3) is 0.188. The molecule has 0 spiro atoms. The summed E-state index contributed by atoms with van der Waals surface area (Å²) in [4.78, 5) is 11.0. The Bertz CT molecular complexity index is 671. The van der Waals surface area contributed by atoms with Crippen LogP contribution in [-0.4, -0.2) is 11.0 Å². The van der Waals surface area contributed by atoms with Crippen LogP contribution in [0.15, 0.2) is 36.4 Å². The molecule has 0 saturated heterocycles. The Labute approximate surface area is 122 Å². The average molecular weight is 288 g/mol. The predicted molar refractivity (Wildman–Crippen MR) is 80.9 cm³/mol. The quantitative estimate of drug-likeness (QED) is 0.808. The molecule has 21 heavy (non-hydrogen) atoms. The fourth-order valence-electron chi connectivity index (χ4n) is 1.98. The highest BCUT2D eigenvalue weighted by Crippen LogP contribution is 2.24. The third-order valence-corrected chi connectivity index (χ3v) is 3.08. The zero-order valence-electron chi connectivity index (χ0n) is 11.9. The lowest BCUT2D eigenvalue weighted by molar-refractivity contribution is -0.114. The molecular weight excluding hydrogens is 271 g/mol. The van der Waals surface area contributed by atoms with Gasteiger partial charge in [-0.05, 0) is 30.7 Å². The minimum atomic E-state index is -0.492. The zero-order valence-corrected chi connectivity index (χ0v) is 11.9. The molecule has 0 fully saturated rings. The van der Waals surface area contributed by atoms with Crippen LogP contribution >= 0.6 is 0 Å². The van der Waals surface area contributed by atoms with Crippen LogP contribution in [0.5, 0.6) is 5.75 Å². The lowest BCUT2D eigenvalue weighted by Gasteiger charge is -2.11. The van der Waals surface area contributed by atoms with Crippen molar-refractivity contribution in [3.8, 4) is 5.75 Å². The largest absolute Gasteiger partial charge is 0.507 e. The molecule has 0 unspecified atom stereocenters. The third kappa shape index (κ3) is 3.72. The monoisotopic (exact) mass is 288 g/mol. The molecule has 2 rings (SSSR count). The van der Waals surface area contributed by atoms with Crippen LogP contribution in [0.25, 0.3) is 0 Å². The van der Waals surface area contributed by atoms with Gasteiger partial charge >= 0.3 is 0 Å². The molecule has 0 saturated carbocycles. The minimum absolute atomic E-state index is 0.126. The number of hydrogen-bond donors (Lipinski definition) is 3. The molecule has 110 valence electrons. The number of phenols is 1. The highest BCUT2D eigenvalue weighted by Gasteiger charge is 2.07. The normalized spacial score (nSPS) is 10.2. The van der Waals surface area contributed by atoms with Gasteiger partial charge in [0.25, 0.3) is 0 Å². The van der Waals surface area contributed by atoms with Crippen LogP contribution in [-0.2, 0) is 11.3 Å². The van der Waals surface area contributed by atoms with E-state index in [4.69, 9.17) is 0 Å². The maximum absolute atomic E-state index is 13.5. The molecule has 3 N–H and O–H groups in total. The van der Waals surface area contributed by atoms with E-state index in [1.165, 1.54) is 19.1 Å². The second kappa shape index (κ2) is 6.26. The van der Waals surface area contributed by atoms with E-state index in [9.17, 15) is 14.3 Å². The van der Waals surface area contributed by atoms with E-state index in [1.807, 2.05) is 25.1 Å². The van der Waals surface area contributed by atoms with Crippen LogP contribution in [0.1, 0.15) is 18.1 Å². The Morgan fingerprint density at radius 2 is 2.05 bits per heavy atom. The summed E-state index contributed by atoms with van der Waals surface area (Å²) < 4.78 is 13.5. The molecule has 2 aromatic rings. The Balaban J connectivity index is 2.13. The van der Waals surface area contributed by atoms with E-state index in [0.29, 0.717) is 12.2 Å². The van der Waals surface area contributed by atoms with Crippen LogP contribution in [0.4, 0.5) is 15.8 Å². The van der Waals surface area contributed by atoms with Crippen LogP contribution in [0, 0.1) is 12.7 Å². The molecule has 2 aromatic carbocycles. The van der Waals surface area contributed by atoms with Gasteiger partial charge in [-0.15, -0.1) is 0 Å². The first-order chi connectivity index (χ1) is 9.97. The van der Waals surface area contributed by atoms with E-state index in [2.05, 4.69) is 10.6 Å². The minimum Gasteiger partial charge on any atom is -0.507 e. The third-order valence-electron chi connectivity index (χ3n) is 3.08. The van der Waals surface area contributed by atoms with E-state index in [1.54, 1.807) is 6.07 Å². The number of phenolic OH excluding ortho intramolecular Hbond substituents is 1. The molecule has 0 atom stereocenters. The second-order valence-corrected chi connectivity index (χ2v) is 4.81. The van der Waals surface area contributed by atoms with Gasteiger partial charge in [0.05, 0.1) is 5.69 Å². The summed E-state index contributed by atoms with van der Waals surface area (Å²) in [6, 6.07) is 9.87. The van der Waals surface area contributed by atoms with Crippen molar-refractivity contribution in [1.29, 1.82) is 0 Å². The molecule has 0 heterocycles. The van der Waals surface area contributed by atoms with Crippen molar-refractivity contribution in [3.05, 3.63) is 53.3 Å². The van der Waals surface area contributed by atoms with Crippen molar-refractivity contribution in [3.63, 3.8) is 0 Å². The lowest BCUT2D eigenvalue weighted by Crippen LogP contribution is -2.08. The number of halogens is 1. The maximum atomic E-state index is 13.5. The molecule has 0 aliphatic carbocycles. The van der Waals surface area contributed by atoms with Gasteiger partial charge in [-0.2, -0.15) is 0 Å². The van der Waals surface area contributed by atoms with Crippen LogP contribution in [0.2, 0.25) is 0 Å². The van der Waals surface area contributed by atoms with Crippen molar-refractivity contribution in [2.45, 2.75) is 20.4 Å². The predicted octanol–water partition coefficient (Wildman–Crippen LogP) is 3.41. The van der Waals surface area contributed by atoms with Gasteiger partial charge in [0, 0.05) is 24.7 Å². The Hall–Kier alpha value is -2.56. The number of hydrogen-bond acceptors (Lipinski definition) is 3. The number of para-hydroxylation sites is 1. The first-order valence-corrected chi connectivity index (χ1v) is 6.56. The summed E-state index contributed by atoms with van der Waals surface area (Å²) in [5.74, 6) is -0.578. The van der Waals surface area contributed by atoms with Crippen molar-refractivity contribution >= 4 is 17.3 Å². The topological polar surface area (TPSA) is 61.4 Å². The number of aromatic hydroxyl groups is 1. The smallest absolute Gasteiger partial charge is 0.221 e. The maximum Gasteiger partial charge on any atom is 0.221 e. The van der Waals surface area contributed by atoms with Gasteiger partial charge in [0.15, 0.2) is 0 Å². The number of amides is 1. The van der Waals surface area contributed by atoms with E-state index in [-0.39, 0.29) is 17.3 Å². The molecule has 0 aliphatic heterocycles. The van der Waals surface area contributed by atoms with E-state index in [0.717, 1.165) is 11.1 Å². The Morgan fingerprint density at radius 1 is 1.29 bits per heavy atom. The van der Waals surface area contributed by atoms with Crippen LogP contribution in [0.3, 0.4) is 0 Å². The Kier molecular flexibility index (Phi) is 4.42. The first-order valence-electron chi connectivity index (χ1n) is 6.56. The van der Waals surface area contributed by atoms with E-state index < -0.39 is 5.82 Å². The molecule has 0 radical (unpaired) electrons. The molecular formula is C16H17FN2O2. The van der Waals surface area contributed by atoms with Crippen LogP contribution < -0.4 is 10.6 Å². The molecule has 0 aromatic heterocycles. The summed E-state index contributed by atoms with van der Waals surface area (Å²) in [5.41, 5.74) is 2.33. The molecule has 0 bridgehead atoms. The molecule has 5 heteroatoms. The van der Waals surface area contributed by atoms with Crippen molar-refractivity contribution < 1.29 is 14.3 Å². The van der Waals surface area contributed by atoms with Gasteiger partial charge in [0.1, 0.15) is 11.6 Å². The van der Waals surface area contributed by atoms with Gasteiger partial charge in [0.2, 0.25) is 5.91 Å². The molecule has 4 nitrogen and oxygen atoms in total. The number of nitrogens with one attached hydrogen (secondary N) is 2.